The standard InChI is InChI=1S/C15H13N3O2S3/c19-23(20,13-8-4-7-12-14(13)17-22-16-12)18-9-10-21-15(18)11-5-2-1-3-6-11/h1-8,15H,9-10H2. The van der Waals surface area contributed by atoms with Crippen LogP contribution in [0.4, 0.5) is 0 Å². The molecule has 1 fully saturated rings. The van der Waals surface area contributed by atoms with E-state index < -0.39 is 10.0 Å². The van der Waals surface area contributed by atoms with Gasteiger partial charge in [0.2, 0.25) is 10.0 Å². The van der Waals surface area contributed by atoms with Crippen molar-refractivity contribution in [3.05, 3.63) is 54.1 Å². The summed E-state index contributed by atoms with van der Waals surface area (Å²) < 4.78 is 36.2. The first-order valence-electron chi connectivity index (χ1n) is 7.07. The molecule has 0 spiro atoms. The molecule has 8 heteroatoms. The maximum absolute atomic E-state index is 13.2. The molecule has 3 aromatic rings. The number of benzene rings is 2. The predicted octanol–water partition coefficient (Wildman–Crippen LogP) is 3.13. The minimum atomic E-state index is -3.62. The van der Waals surface area contributed by atoms with E-state index in [1.807, 2.05) is 30.3 Å². The van der Waals surface area contributed by atoms with Gasteiger partial charge in [-0.2, -0.15) is 13.1 Å². The number of aromatic nitrogens is 2. The van der Waals surface area contributed by atoms with Gasteiger partial charge >= 0.3 is 0 Å². The summed E-state index contributed by atoms with van der Waals surface area (Å²) in [6.45, 7) is 0.501. The molecule has 2 heterocycles. The smallest absolute Gasteiger partial charge is 0.207 e. The largest absolute Gasteiger partial charge is 0.246 e. The Balaban J connectivity index is 1.80. The fourth-order valence-electron chi connectivity index (χ4n) is 2.70. The number of hydrogen-bond donors (Lipinski definition) is 0. The van der Waals surface area contributed by atoms with Crippen LogP contribution in [0.5, 0.6) is 0 Å². The molecule has 0 bridgehead atoms. The molecule has 118 valence electrons. The maximum atomic E-state index is 13.2. The highest BCUT2D eigenvalue weighted by Gasteiger charge is 2.37. The van der Waals surface area contributed by atoms with Crippen LogP contribution < -0.4 is 0 Å². The molecule has 1 unspecified atom stereocenters. The van der Waals surface area contributed by atoms with Gasteiger partial charge < -0.3 is 0 Å². The molecule has 1 saturated heterocycles. The quantitative estimate of drug-likeness (QED) is 0.715. The second-order valence-electron chi connectivity index (χ2n) is 5.14. The van der Waals surface area contributed by atoms with Crippen LogP contribution in [0.2, 0.25) is 0 Å². The Bertz CT molecular complexity index is 941. The van der Waals surface area contributed by atoms with Crippen molar-refractivity contribution in [3.8, 4) is 0 Å². The van der Waals surface area contributed by atoms with E-state index >= 15 is 0 Å². The van der Waals surface area contributed by atoms with Crippen LogP contribution in [0.15, 0.2) is 53.4 Å². The molecule has 2 aromatic carbocycles. The van der Waals surface area contributed by atoms with E-state index in [2.05, 4.69) is 8.75 Å². The molecule has 0 saturated carbocycles. The molecule has 0 N–H and O–H groups in total. The Morgan fingerprint density at radius 3 is 2.70 bits per heavy atom. The van der Waals surface area contributed by atoms with Crippen LogP contribution in [0.1, 0.15) is 10.9 Å². The van der Waals surface area contributed by atoms with Gasteiger partial charge in [-0.15, -0.1) is 11.8 Å². The Morgan fingerprint density at radius 1 is 1.04 bits per heavy atom. The average Bonchev–Trinajstić information content (AvgIpc) is 3.24. The highest BCUT2D eigenvalue weighted by molar-refractivity contribution is 8.01. The molecule has 1 aliphatic heterocycles. The van der Waals surface area contributed by atoms with E-state index in [1.54, 1.807) is 34.3 Å². The maximum Gasteiger partial charge on any atom is 0.246 e. The minimum absolute atomic E-state index is 0.192. The number of fused-ring (bicyclic) bond motifs is 1. The molecule has 1 atom stereocenters. The number of rotatable bonds is 3. The van der Waals surface area contributed by atoms with Gasteiger partial charge in [-0.3, -0.25) is 0 Å². The fraction of sp³-hybridized carbons (Fsp3) is 0.200. The van der Waals surface area contributed by atoms with Crippen molar-refractivity contribution < 1.29 is 8.42 Å². The first kappa shape index (κ1) is 15.1. The normalized spacial score (nSPS) is 19.4. The second kappa shape index (κ2) is 5.86. The van der Waals surface area contributed by atoms with Crippen LogP contribution >= 0.6 is 23.5 Å². The number of sulfonamides is 1. The lowest BCUT2D eigenvalue weighted by atomic mass is 10.2. The Hall–Kier alpha value is -1.48. The van der Waals surface area contributed by atoms with E-state index in [0.29, 0.717) is 17.6 Å². The van der Waals surface area contributed by atoms with E-state index in [9.17, 15) is 8.42 Å². The average molecular weight is 363 g/mol. The summed E-state index contributed by atoms with van der Waals surface area (Å²) in [4.78, 5) is 0.243. The van der Waals surface area contributed by atoms with Gasteiger partial charge in [-0.05, 0) is 17.7 Å². The summed E-state index contributed by atoms with van der Waals surface area (Å²) in [6.07, 6.45) is 0. The lowest BCUT2D eigenvalue weighted by molar-refractivity contribution is 0.435. The third-order valence-electron chi connectivity index (χ3n) is 3.77. The lowest BCUT2D eigenvalue weighted by Gasteiger charge is -2.23. The topological polar surface area (TPSA) is 63.2 Å². The highest BCUT2D eigenvalue weighted by Crippen LogP contribution is 2.42. The van der Waals surface area contributed by atoms with Gasteiger partial charge in [-0.1, -0.05) is 36.4 Å². The zero-order valence-electron chi connectivity index (χ0n) is 12.0. The molecule has 4 rings (SSSR count). The van der Waals surface area contributed by atoms with Gasteiger partial charge in [0.05, 0.1) is 17.1 Å². The Labute approximate surface area is 142 Å². The summed E-state index contributed by atoms with van der Waals surface area (Å²) in [6, 6.07) is 14.9. The zero-order valence-corrected chi connectivity index (χ0v) is 14.4. The van der Waals surface area contributed by atoms with Crippen LogP contribution in [0, 0.1) is 0 Å². The van der Waals surface area contributed by atoms with E-state index in [0.717, 1.165) is 23.0 Å². The van der Waals surface area contributed by atoms with Crippen LogP contribution in [0.3, 0.4) is 0 Å². The van der Waals surface area contributed by atoms with E-state index in [-0.39, 0.29) is 10.3 Å². The van der Waals surface area contributed by atoms with Gasteiger partial charge in [-0.25, -0.2) is 8.42 Å². The van der Waals surface area contributed by atoms with E-state index in [4.69, 9.17) is 0 Å². The lowest BCUT2D eigenvalue weighted by Crippen LogP contribution is -2.30. The summed E-state index contributed by atoms with van der Waals surface area (Å²) in [5.41, 5.74) is 2.09. The molecule has 23 heavy (non-hydrogen) atoms. The van der Waals surface area contributed by atoms with Crippen molar-refractivity contribution in [2.75, 3.05) is 12.3 Å². The van der Waals surface area contributed by atoms with Crippen molar-refractivity contribution in [2.24, 2.45) is 0 Å². The van der Waals surface area contributed by atoms with Gasteiger partial charge in [0.1, 0.15) is 15.9 Å². The molecule has 0 amide bonds. The van der Waals surface area contributed by atoms with Gasteiger partial charge in [0.25, 0.3) is 0 Å². The molecule has 5 nitrogen and oxygen atoms in total. The number of nitrogens with zero attached hydrogens (tertiary/aromatic N) is 3. The molecule has 0 radical (unpaired) electrons. The van der Waals surface area contributed by atoms with Crippen molar-refractivity contribution in [1.29, 1.82) is 0 Å². The first-order chi connectivity index (χ1) is 11.2. The van der Waals surface area contributed by atoms with Crippen molar-refractivity contribution in [1.82, 2.24) is 13.1 Å². The van der Waals surface area contributed by atoms with Crippen molar-refractivity contribution >= 4 is 44.5 Å². The van der Waals surface area contributed by atoms with Crippen LogP contribution in [-0.4, -0.2) is 33.8 Å². The number of hydrogen-bond acceptors (Lipinski definition) is 6. The zero-order chi connectivity index (χ0) is 15.9. The van der Waals surface area contributed by atoms with Crippen LogP contribution in [0.25, 0.3) is 11.0 Å². The third-order valence-corrected chi connectivity index (χ3v) is 7.60. The van der Waals surface area contributed by atoms with Crippen molar-refractivity contribution in [2.45, 2.75) is 10.3 Å². The SMILES string of the molecule is O=S(=O)(c1cccc2nsnc12)N1CCSC1c1ccccc1. The molecular weight excluding hydrogens is 350 g/mol. The molecule has 1 aromatic heterocycles. The summed E-state index contributed by atoms with van der Waals surface area (Å²) >= 11 is 2.68. The molecule has 1 aliphatic rings. The van der Waals surface area contributed by atoms with Gasteiger partial charge in [0.15, 0.2) is 0 Å². The first-order valence-corrected chi connectivity index (χ1v) is 10.3. The minimum Gasteiger partial charge on any atom is -0.207 e. The second-order valence-corrected chi connectivity index (χ2v) is 8.71. The third kappa shape index (κ3) is 2.55. The fourth-order valence-corrected chi connectivity index (χ4v) is 6.69. The van der Waals surface area contributed by atoms with Crippen molar-refractivity contribution in [3.63, 3.8) is 0 Å². The Morgan fingerprint density at radius 2 is 1.87 bits per heavy atom. The Kier molecular flexibility index (Phi) is 3.84. The summed E-state index contributed by atoms with van der Waals surface area (Å²) in [5, 5.41) is -0.192. The van der Waals surface area contributed by atoms with Crippen LogP contribution in [-0.2, 0) is 10.0 Å². The predicted molar refractivity (Wildman–Crippen MR) is 92.9 cm³/mol. The highest BCUT2D eigenvalue weighted by atomic mass is 32.2. The number of thioether (sulfide) groups is 1. The monoisotopic (exact) mass is 363 g/mol. The molecule has 0 aliphatic carbocycles. The summed E-state index contributed by atoms with van der Waals surface area (Å²) in [5.74, 6) is 0.782. The molecular formula is C15H13N3O2S3. The summed E-state index contributed by atoms with van der Waals surface area (Å²) in [7, 11) is -3.62. The van der Waals surface area contributed by atoms with Gasteiger partial charge in [0, 0.05) is 12.3 Å². The van der Waals surface area contributed by atoms with E-state index in [1.165, 1.54) is 0 Å².